The summed E-state index contributed by atoms with van der Waals surface area (Å²) in [5.74, 6) is 1.18. The lowest BCUT2D eigenvalue weighted by Gasteiger charge is -2.34. The summed E-state index contributed by atoms with van der Waals surface area (Å²) in [5, 5.41) is 7.05. The Morgan fingerprint density at radius 2 is 2.21 bits per heavy atom. The van der Waals surface area contributed by atoms with Crippen molar-refractivity contribution in [3.05, 3.63) is 47.3 Å². The number of piperidine rings is 1. The molecule has 0 bridgehead atoms. The van der Waals surface area contributed by atoms with Crippen LogP contribution in [0, 0.1) is 13.8 Å². The molecule has 3 rings (SSSR count). The third-order valence-corrected chi connectivity index (χ3v) is 4.90. The van der Waals surface area contributed by atoms with Gasteiger partial charge in [-0.1, -0.05) is 12.1 Å². The van der Waals surface area contributed by atoms with Crippen molar-refractivity contribution in [3.63, 3.8) is 0 Å². The highest BCUT2D eigenvalue weighted by Crippen LogP contribution is 2.27. The van der Waals surface area contributed by atoms with Gasteiger partial charge < -0.3 is 9.64 Å². The number of ether oxygens (including phenoxy) is 1. The summed E-state index contributed by atoms with van der Waals surface area (Å²) in [7, 11) is 0. The Bertz CT molecular complexity index is 697. The number of H-pyrrole nitrogens is 1. The molecule has 2 aromatic rings. The molecule has 5 nitrogen and oxygen atoms in total. The number of hydrogen-bond donors (Lipinski definition) is 1. The van der Waals surface area contributed by atoms with Crippen LogP contribution in [-0.4, -0.2) is 40.2 Å². The van der Waals surface area contributed by atoms with E-state index >= 15 is 0 Å². The second-order valence-electron chi connectivity index (χ2n) is 6.59. The minimum Gasteiger partial charge on any atom is -0.481 e. The largest absolute Gasteiger partial charge is 0.481 e. The van der Waals surface area contributed by atoms with Crippen LogP contribution in [0.15, 0.2) is 30.5 Å². The van der Waals surface area contributed by atoms with Crippen LogP contribution in [0.1, 0.15) is 42.5 Å². The van der Waals surface area contributed by atoms with Crippen molar-refractivity contribution in [2.45, 2.75) is 45.6 Å². The number of benzene rings is 1. The summed E-state index contributed by atoms with van der Waals surface area (Å²) < 4.78 is 5.96. The van der Waals surface area contributed by atoms with Crippen LogP contribution in [-0.2, 0) is 4.79 Å². The first-order chi connectivity index (χ1) is 11.6. The zero-order valence-corrected chi connectivity index (χ0v) is 14.6. The molecule has 0 saturated carbocycles. The van der Waals surface area contributed by atoms with E-state index in [0.29, 0.717) is 5.92 Å². The minimum absolute atomic E-state index is 0.0557. The van der Waals surface area contributed by atoms with Gasteiger partial charge in [-0.3, -0.25) is 9.89 Å². The molecule has 2 atom stereocenters. The number of rotatable bonds is 4. The molecule has 5 heteroatoms. The van der Waals surface area contributed by atoms with Crippen molar-refractivity contribution < 1.29 is 9.53 Å². The molecule has 0 radical (unpaired) electrons. The van der Waals surface area contributed by atoms with Crippen LogP contribution in [0.3, 0.4) is 0 Å². The van der Waals surface area contributed by atoms with Gasteiger partial charge in [-0.15, -0.1) is 0 Å². The van der Waals surface area contributed by atoms with E-state index in [-0.39, 0.29) is 5.91 Å². The summed E-state index contributed by atoms with van der Waals surface area (Å²) in [6, 6.07) is 7.93. The second-order valence-corrected chi connectivity index (χ2v) is 6.59. The second kappa shape index (κ2) is 7.07. The van der Waals surface area contributed by atoms with Crippen molar-refractivity contribution >= 4 is 5.91 Å². The number of likely N-dealkylation sites (tertiary alicyclic amines) is 1. The molecule has 24 heavy (non-hydrogen) atoms. The number of nitrogens with zero attached hydrogens (tertiary/aromatic N) is 2. The van der Waals surface area contributed by atoms with Crippen molar-refractivity contribution in [2.24, 2.45) is 0 Å². The van der Waals surface area contributed by atoms with Crippen LogP contribution in [0.2, 0.25) is 0 Å². The van der Waals surface area contributed by atoms with Gasteiger partial charge in [0, 0.05) is 30.9 Å². The van der Waals surface area contributed by atoms with Crippen LogP contribution in [0.4, 0.5) is 0 Å². The summed E-state index contributed by atoms with van der Waals surface area (Å²) in [6.07, 6.45) is 3.37. The van der Waals surface area contributed by atoms with E-state index in [1.807, 2.05) is 49.9 Å². The van der Waals surface area contributed by atoms with E-state index in [2.05, 4.69) is 10.2 Å². The van der Waals surface area contributed by atoms with Gasteiger partial charge in [-0.25, -0.2) is 0 Å². The lowest BCUT2D eigenvalue weighted by Crippen LogP contribution is -2.45. The Balaban J connectivity index is 1.65. The number of carbonyl (C=O) groups excluding carboxylic acids is 1. The normalized spacial score (nSPS) is 19.1. The average molecular weight is 327 g/mol. The topological polar surface area (TPSA) is 58.2 Å². The van der Waals surface area contributed by atoms with Gasteiger partial charge in [0.25, 0.3) is 5.91 Å². The van der Waals surface area contributed by atoms with Crippen LogP contribution in [0.5, 0.6) is 5.75 Å². The van der Waals surface area contributed by atoms with E-state index in [1.54, 1.807) is 6.20 Å². The number of hydrogen-bond acceptors (Lipinski definition) is 3. The summed E-state index contributed by atoms with van der Waals surface area (Å²) in [5.41, 5.74) is 3.37. The minimum atomic E-state index is -0.481. The number of carbonyl (C=O) groups is 1. The first kappa shape index (κ1) is 16.6. The Labute approximate surface area is 143 Å². The van der Waals surface area contributed by atoms with Crippen molar-refractivity contribution in [2.75, 3.05) is 13.1 Å². The third-order valence-electron chi connectivity index (χ3n) is 4.90. The molecule has 1 N–H and O–H groups in total. The van der Waals surface area contributed by atoms with Crippen molar-refractivity contribution in [1.82, 2.24) is 15.1 Å². The Morgan fingerprint density at radius 1 is 1.38 bits per heavy atom. The van der Waals surface area contributed by atoms with Crippen molar-refractivity contribution in [1.29, 1.82) is 0 Å². The molecule has 1 amide bonds. The number of nitrogens with one attached hydrogen (secondary N) is 1. The van der Waals surface area contributed by atoms with Gasteiger partial charge in [0.15, 0.2) is 6.10 Å². The smallest absolute Gasteiger partial charge is 0.263 e. The van der Waals surface area contributed by atoms with E-state index in [1.165, 1.54) is 5.56 Å². The first-order valence-electron chi connectivity index (χ1n) is 8.57. The lowest BCUT2D eigenvalue weighted by atomic mass is 9.94. The zero-order valence-electron chi connectivity index (χ0n) is 14.6. The van der Waals surface area contributed by atoms with Gasteiger partial charge >= 0.3 is 0 Å². The highest BCUT2D eigenvalue weighted by Gasteiger charge is 2.29. The molecule has 0 aliphatic carbocycles. The third kappa shape index (κ3) is 3.45. The maximum atomic E-state index is 12.8. The highest BCUT2D eigenvalue weighted by molar-refractivity contribution is 5.81. The maximum absolute atomic E-state index is 12.8. The van der Waals surface area contributed by atoms with Crippen LogP contribution >= 0.6 is 0 Å². The van der Waals surface area contributed by atoms with Gasteiger partial charge in [0.05, 0.1) is 0 Å². The molecule has 2 heterocycles. The summed E-state index contributed by atoms with van der Waals surface area (Å²) >= 11 is 0. The van der Waals surface area contributed by atoms with Crippen LogP contribution in [0.25, 0.3) is 0 Å². The Hall–Kier alpha value is -2.30. The first-order valence-corrected chi connectivity index (χ1v) is 8.57. The monoisotopic (exact) mass is 327 g/mol. The lowest BCUT2D eigenvalue weighted by molar-refractivity contribution is -0.139. The Morgan fingerprint density at radius 3 is 2.96 bits per heavy atom. The predicted molar refractivity (Wildman–Crippen MR) is 93.1 cm³/mol. The fourth-order valence-electron chi connectivity index (χ4n) is 3.27. The molecular weight excluding hydrogens is 302 g/mol. The molecule has 1 aromatic carbocycles. The standard InChI is InChI=1S/C19H25N3O2/c1-13-6-4-8-18(14(13)2)24-15(3)19(23)22-11-5-7-16(12-22)17-9-10-20-21-17/h4,6,8-10,15-16H,5,7,11-12H2,1-3H3,(H,20,21)/t15-,16-/m1/s1. The summed E-state index contributed by atoms with van der Waals surface area (Å²) in [4.78, 5) is 14.7. The molecule has 1 aromatic heterocycles. The van der Waals surface area contributed by atoms with E-state index in [4.69, 9.17) is 4.74 Å². The van der Waals surface area contributed by atoms with E-state index < -0.39 is 6.10 Å². The number of aryl methyl sites for hydroxylation is 1. The van der Waals surface area contributed by atoms with Gasteiger partial charge in [-0.2, -0.15) is 5.10 Å². The van der Waals surface area contributed by atoms with E-state index in [0.717, 1.165) is 42.9 Å². The number of aromatic nitrogens is 2. The number of aromatic amines is 1. The predicted octanol–water partition coefficient (Wildman–Crippen LogP) is 3.20. The maximum Gasteiger partial charge on any atom is 0.263 e. The molecule has 0 spiro atoms. The molecule has 128 valence electrons. The SMILES string of the molecule is Cc1cccc(O[C@H](C)C(=O)N2CCC[C@@H](c3ccn[nH]3)C2)c1C. The van der Waals surface area contributed by atoms with E-state index in [9.17, 15) is 4.79 Å². The fourth-order valence-corrected chi connectivity index (χ4v) is 3.27. The zero-order chi connectivity index (χ0) is 17.1. The highest BCUT2D eigenvalue weighted by atomic mass is 16.5. The molecule has 1 aliphatic heterocycles. The molecular formula is C19H25N3O2. The van der Waals surface area contributed by atoms with Crippen LogP contribution < -0.4 is 4.74 Å². The Kier molecular flexibility index (Phi) is 4.88. The summed E-state index contributed by atoms with van der Waals surface area (Å²) in [6.45, 7) is 7.43. The van der Waals surface area contributed by atoms with Gasteiger partial charge in [-0.05, 0) is 56.9 Å². The van der Waals surface area contributed by atoms with Gasteiger partial charge in [0.2, 0.25) is 0 Å². The van der Waals surface area contributed by atoms with Crippen molar-refractivity contribution in [3.8, 4) is 5.75 Å². The number of amides is 1. The molecule has 1 aliphatic rings. The fraction of sp³-hybridized carbons (Fsp3) is 0.474. The van der Waals surface area contributed by atoms with Gasteiger partial charge in [0.1, 0.15) is 5.75 Å². The molecule has 1 saturated heterocycles. The molecule has 0 unspecified atom stereocenters. The average Bonchev–Trinajstić information content (AvgIpc) is 3.13. The quantitative estimate of drug-likeness (QED) is 0.938. The molecule has 1 fully saturated rings.